The standard InChI is InChI=1S/C26H27N3O4/c1-16-6-4-9-19-23(16)29-24-20(26(31)27-12-13-32-2)10-11-21(22(24)25(19)30)28-15-17-7-5-8-18(14-17)33-3/h4-11,14,28H,12-13,15H2,1-3H3,(H,27,31)(H,29,30). The summed E-state index contributed by atoms with van der Waals surface area (Å²) in [4.78, 5) is 29.8. The van der Waals surface area contributed by atoms with Crippen LogP contribution in [0.2, 0.25) is 0 Å². The molecule has 0 bridgehead atoms. The number of ether oxygens (including phenoxy) is 2. The first-order valence-electron chi connectivity index (χ1n) is 10.8. The number of rotatable bonds is 8. The molecule has 4 aromatic rings. The minimum absolute atomic E-state index is 0.123. The summed E-state index contributed by atoms with van der Waals surface area (Å²) >= 11 is 0. The van der Waals surface area contributed by atoms with Crippen LogP contribution in [0.5, 0.6) is 5.75 Å². The molecule has 0 atom stereocenters. The van der Waals surface area contributed by atoms with Crippen LogP contribution in [0.1, 0.15) is 21.5 Å². The molecule has 0 spiro atoms. The maximum atomic E-state index is 13.6. The summed E-state index contributed by atoms with van der Waals surface area (Å²) in [5, 5.41) is 7.25. The van der Waals surface area contributed by atoms with E-state index in [1.165, 1.54) is 0 Å². The summed E-state index contributed by atoms with van der Waals surface area (Å²) in [7, 11) is 3.21. The van der Waals surface area contributed by atoms with Crippen LogP contribution in [-0.2, 0) is 11.3 Å². The van der Waals surface area contributed by atoms with Gasteiger partial charge in [-0.1, -0.05) is 24.3 Å². The molecule has 33 heavy (non-hydrogen) atoms. The van der Waals surface area contributed by atoms with Crippen LogP contribution in [0.15, 0.2) is 59.4 Å². The summed E-state index contributed by atoms with van der Waals surface area (Å²) in [6.45, 7) is 3.22. The third kappa shape index (κ3) is 4.54. The van der Waals surface area contributed by atoms with Gasteiger partial charge in [-0.3, -0.25) is 9.59 Å². The Morgan fingerprint density at radius 3 is 2.64 bits per heavy atom. The molecule has 3 N–H and O–H groups in total. The lowest BCUT2D eigenvalue weighted by Gasteiger charge is -2.15. The van der Waals surface area contributed by atoms with E-state index in [1.54, 1.807) is 32.4 Å². The molecule has 0 saturated carbocycles. The number of fused-ring (bicyclic) bond motifs is 2. The van der Waals surface area contributed by atoms with Crippen molar-refractivity contribution in [2.24, 2.45) is 0 Å². The fraction of sp³-hybridized carbons (Fsp3) is 0.231. The van der Waals surface area contributed by atoms with Crippen LogP contribution < -0.4 is 20.8 Å². The van der Waals surface area contributed by atoms with Gasteiger partial charge in [-0.15, -0.1) is 0 Å². The number of carbonyl (C=O) groups excluding carboxylic acids is 1. The predicted molar refractivity (Wildman–Crippen MR) is 131 cm³/mol. The monoisotopic (exact) mass is 445 g/mol. The lowest BCUT2D eigenvalue weighted by molar-refractivity contribution is 0.0938. The average molecular weight is 446 g/mol. The van der Waals surface area contributed by atoms with Gasteiger partial charge in [-0.05, 0) is 48.4 Å². The molecule has 0 aliphatic rings. The molecule has 0 unspecified atom stereocenters. The minimum Gasteiger partial charge on any atom is -0.497 e. The quantitative estimate of drug-likeness (QED) is 0.282. The Morgan fingerprint density at radius 2 is 1.85 bits per heavy atom. The van der Waals surface area contributed by atoms with E-state index in [4.69, 9.17) is 9.47 Å². The molecule has 0 radical (unpaired) electrons. The molecule has 0 aliphatic heterocycles. The van der Waals surface area contributed by atoms with Crippen molar-refractivity contribution in [2.75, 3.05) is 32.7 Å². The van der Waals surface area contributed by atoms with Crippen molar-refractivity contribution < 1.29 is 14.3 Å². The molecular weight excluding hydrogens is 418 g/mol. The van der Waals surface area contributed by atoms with Gasteiger partial charge in [0.1, 0.15) is 5.75 Å². The molecule has 3 aromatic carbocycles. The number of amides is 1. The number of H-pyrrole nitrogens is 1. The molecule has 0 fully saturated rings. The Morgan fingerprint density at radius 1 is 1.03 bits per heavy atom. The maximum absolute atomic E-state index is 13.6. The SMILES string of the molecule is COCCNC(=O)c1ccc(NCc2cccc(OC)c2)c2c(=O)c3cccc(C)c3[nH]c12. The summed E-state index contributed by atoms with van der Waals surface area (Å²) < 4.78 is 10.3. The number of benzene rings is 3. The van der Waals surface area contributed by atoms with E-state index < -0.39 is 0 Å². The number of aromatic nitrogens is 1. The van der Waals surface area contributed by atoms with E-state index in [-0.39, 0.29) is 11.3 Å². The third-order valence-electron chi connectivity index (χ3n) is 5.65. The van der Waals surface area contributed by atoms with Gasteiger partial charge >= 0.3 is 0 Å². The van der Waals surface area contributed by atoms with E-state index >= 15 is 0 Å². The molecule has 0 aliphatic carbocycles. The molecule has 170 valence electrons. The number of anilines is 1. The van der Waals surface area contributed by atoms with Crippen molar-refractivity contribution in [3.05, 3.63) is 81.5 Å². The van der Waals surface area contributed by atoms with Crippen molar-refractivity contribution in [3.63, 3.8) is 0 Å². The second kappa shape index (κ2) is 9.75. The summed E-state index contributed by atoms with van der Waals surface area (Å²) in [6.07, 6.45) is 0. The Hall–Kier alpha value is -3.84. The molecule has 0 saturated heterocycles. The number of hydrogen-bond donors (Lipinski definition) is 3. The second-order valence-corrected chi connectivity index (χ2v) is 7.82. The zero-order valence-corrected chi connectivity index (χ0v) is 19.0. The van der Waals surface area contributed by atoms with Gasteiger partial charge in [0.2, 0.25) is 0 Å². The first kappa shape index (κ1) is 22.4. The molecule has 1 heterocycles. The number of aromatic amines is 1. The van der Waals surface area contributed by atoms with Gasteiger partial charge < -0.3 is 25.1 Å². The van der Waals surface area contributed by atoms with Crippen LogP contribution in [0.4, 0.5) is 5.69 Å². The zero-order valence-electron chi connectivity index (χ0n) is 19.0. The minimum atomic E-state index is -0.264. The molecule has 1 amide bonds. The van der Waals surface area contributed by atoms with Gasteiger partial charge in [-0.2, -0.15) is 0 Å². The number of hydrogen-bond acceptors (Lipinski definition) is 5. The number of aryl methyl sites for hydroxylation is 1. The molecular formula is C26H27N3O4. The topological polar surface area (TPSA) is 92.4 Å². The van der Waals surface area contributed by atoms with Crippen molar-refractivity contribution in [2.45, 2.75) is 13.5 Å². The summed E-state index contributed by atoms with van der Waals surface area (Å²) in [5.41, 5.74) is 4.13. The Kier molecular flexibility index (Phi) is 6.60. The predicted octanol–water partition coefficient (Wildman–Crippen LogP) is 3.99. The van der Waals surface area contributed by atoms with E-state index in [2.05, 4.69) is 15.6 Å². The highest BCUT2D eigenvalue weighted by atomic mass is 16.5. The van der Waals surface area contributed by atoms with Gasteiger partial charge in [0, 0.05) is 31.3 Å². The largest absolute Gasteiger partial charge is 0.497 e. The Labute approximate surface area is 191 Å². The normalized spacial score (nSPS) is 11.0. The van der Waals surface area contributed by atoms with Gasteiger partial charge in [-0.25, -0.2) is 0 Å². The number of carbonyl (C=O) groups is 1. The molecule has 7 nitrogen and oxygen atoms in total. The third-order valence-corrected chi connectivity index (χ3v) is 5.65. The van der Waals surface area contributed by atoms with Gasteiger partial charge in [0.25, 0.3) is 5.91 Å². The van der Waals surface area contributed by atoms with E-state index in [9.17, 15) is 9.59 Å². The van der Waals surface area contributed by atoms with Crippen LogP contribution in [-0.4, -0.2) is 38.3 Å². The van der Waals surface area contributed by atoms with Crippen LogP contribution in [0.3, 0.4) is 0 Å². The van der Waals surface area contributed by atoms with Crippen LogP contribution in [0.25, 0.3) is 21.8 Å². The lowest BCUT2D eigenvalue weighted by atomic mass is 10.0. The fourth-order valence-electron chi connectivity index (χ4n) is 3.93. The van der Waals surface area contributed by atoms with Crippen molar-refractivity contribution >= 4 is 33.4 Å². The smallest absolute Gasteiger partial charge is 0.253 e. The first-order chi connectivity index (χ1) is 16.0. The number of methoxy groups -OCH3 is 2. The number of para-hydroxylation sites is 1. The van der Waals surface area contributed by atoms with Crippen molar-refractivity contribution in [1.82, 2.24) is 10.3 Å². The molecule has 1 aromatic heterocycles. The second-order valence-electron chi connectivity index (χ2n) is 7.82. The van der Waals surface area contributed by atoms with Crippen molar-refractivity contribution in [3.8, 4) is 5.75 Å². The van der Waals surface area contributed by atoms with Gasteiger partial charge in [0.15, 0.2) is 5.43 Å². The molecule has 4 rings (SSSR count). The van der Waals surface area contributed by atoms with Crippen LogP contribution in [0, 0.1) is 6.92 Å². The van der Waals surface area contributed by atoms with E-state index in [1.807, 2.05) is 43.3 Å². The highest BCUT2D eigenvalue weighted by Crippen LogP contribution is 2.27. The van der Waals surface area contributed by atoms with Crippen molar-refractivity contribution in [1.29, 1.82) is 0 Å². The number of nitrogens with one attached hydrogen (secondary N) is 3. The lowest BCUT2D eigenvalue weighted by Crippen LogP contribution is -2.27. The molecule has 7 heteroatoms. The Balaban J connectivity index is 1.83. The zero-order chi connectivity index (χ0) is 23.4. The Bertz CT molecular complexity index is 1380. The number of pyridine rings is 1. The maximum Gasteiger partial charge on any atom is 0.253 e. The highest BCUT2D eigenvalue weighted by molar-refractivity contribution is 6.11. The van der Waals surface area contributed by atoms with Crippen LogP contribution >= 0.6 is 0 Å². The fourth-order valence-corrected chi connectivity index (χ4v) is 3.93. The highest BCUT2D eigenvalue weighted by Gasteiger charge is 2.18. The van der Waals surface area contributed by atoms with Gasteiger partial charge in [0.05, 0.1) is 35.7 Å². The van der Waals surface area contributed by atoms with E-state index in [0.717, 1.165) is 22.4 Å². The summed E-state index contributed by atoms with van der Waals surface area (Å²) in [5.74, 6) is 0.501. The first-order valence-corrected chi connectivity index (χ1v) is 10.8. The van der Waals surface area contributed by atoms with E-state index in [0.29, 0.717) is 47.2 Å². The average Bonchev–Trinajstić information content (AvgIpc) is 2.83. The summed E-state index contributed by atoms with van der Waals surface area (Å²) in [6, 6.07) is 16.9.